The molecule has 7 heteroatoms. The number of hydrogen-bond donors (Lipinski definition) is 2. The Kier molecular flexibility index (Phi) is 5.17. The third-order valence-corrected chi connectivity index (χ3v) is 3.59. The third kappa shape index (κ3) is 3.93. The van der Waals surface area contributed by atoms with Gasteiger partial charge in [0.2, 0.25) is 0 Å². The summed E-state index contributed by atoms with van der Waals surface area (Å²) in [6, 6.07) is 9.04. The van der Waals surface area contributed by atoms with E-state index in [1.165, 1.54) is 0 Å². The Morgan fingerprint density at radius 3 is 2.71 bits per heavy atom. The fourth-order valence-corrected chi connectivity index (χ4v) is 2.32. The fraction of sp³-hybridized carbons (Fsp3) is 0.143. The zero-order chi connectivity index (χ0) is 15.4. The first-order valence-electron chi connectivity index (χ1n) is 6.13. The molecule has 0 aliphatic heterocycles. The second-order valence-corrected chi connectivity index (χ2v) is 5.83. The molecular formula is C14H14BrClN4O. The van der Waals surface area contributed by atoms with Gasteiger partial charge in [-0.2, -0.15) is 0 Å². The number of nitrogens with one attached hydrogen (secondary N) is 1. The molecule has 2 aromatic rings. The molecule has 2 rings (SSSR count). The molecule has 0 aliphatic carbocycles. The van der Waals surface area contributed by atoms with E-state index >= 15 is 0 Å². The number of carbonyl (C=O) groups excluding carboxylic acids is 1. The summed E-state index contributed by atoms with van der Waals surface area (Å²) in [6.45, 7) is 0.465. The summed E-state index contributed by atoms with van der Waals surface area (Å²) in [5, 5.41) is 0.665. The van der Waals surface area contributed by atoms with Gasteiger partial charge in [0, 0.05) is 29.3 Å². The summed E-state index contributed by atoms with van der Waals surface area (Å²) >= 11 is 9.15. The van der Waals surface area contributed by atoms with E-state index in [0.717, 1.165) is 5.56 Å². The van der Waals surface area contributed by atoms with Crippen molar-refractivity contribution in [2.75, 3.05) is 12.5 Å². The maximum Gasteiger partial charge on any atom is 0.257 e. The molecule has 0 spiro atoms. The number of hydrazine groups is 1. The number of nitrogen functional groups attached to an aromatic ring is 1. The average Bonchev–Trinajstić information content (AvgIpc) is 2.48. The summed E-state index contributed by atoms with van der Waals surface area (Å²) in [5.41, 5.74) is 3.83. The highest BCUT2D eigenvalue weighted by Crippen LogP contribution is 2.20. The summed E-state index contributed by atoms with van der Waals surface area (Å²) in [4.78, 5) is 18.2. The van der Waals surface area contributed by atoms with E-state index in [1.54, 1.807) is 36.3 Å². The molecule has 5 nitrogen and oxygen atoms in total. The number of amides is 1. The van der Waals surface area contributed by atoms with Crippen LogP contribution >= 0.6 is 27.5 Å². The smallest absolute Gasteiger partial charge is 0.257 e. The van der Waals surface area contributed by atoms with Crippen molar-refractivity contribution >= 4 is 39.3 Å². The molecule has 1 aromatic carbocycles. The second kappa shape index (κ2) is 6.89. The van der Waals surface area contributed by atoms with Gasteiger partial charge in [0.25, 0.3) is 5.91 Å². The van der Waals surface area contributed by atoms with Crippen LogP contribution in [0.4, 0.5) is 5.82 Å². The van der Waals surface area contributed by atoms with E-state index in [2.05, 4.69) is 26.3 Å². The topological polar surface area (TPSA) is 71.2 Å². The van der Waals surface area contributed by atoms with E-state index in [1.807, 2.05) is 12.1 Å². The third-order valence-electron chi connectivity index (χ3n) is 2.90. The number of nitrogens with zero attached hydrogens (tertiary/aromatic N) is 2. The first-order chi connectivity index (χ1) is 10.0. The molecule has 0 unspecified atom stereocenters. The molecule has 0 aliphatic rings. The fourth-order valence-electron chi connectivity index (χ4n) is 1.86. The zero-order valence-electron chi connectivity index (χ0n) is 11.3. The highest BCUT2D eigenvalue weighted by atomic mass is 79.9. The Labute approximate surface area is 136 Å². The normalized spacial score (nSPS) is 10.3. The molecule has 1 heterocycles. The Morgan fingerprint density at radius 1 is 1.43 bits per heavy atom. The van der Waals surface area contributed by atoms with Gasteiger partial charge in [0.05, 0.1) is 5.56 Å². The highest BCUT2D eigenvalue weighted by molar-refractivity contribution is 9.10. The maximum atomic E-state index is 12.5. The predicted octanol–water partition coefficient (Wildman–Crippen LogP) is 3.06. The van der Waals surface area contributed by atoms with Crippen LogP contribution in [-0.2, 0) is 6.54 Å². The quantitative estimate of drug-likeness (QED) is 0.642. The van der Waals surface area contributed by atoms with Crippen molar-refractivity contribution in [2.45, 2.75) is 6.54 Å². The number of rotatable bonds is 4. The molecule has 1 aromatic heterocycles. The van der Waals surface area contributed by atoms with Gasteiger partial charge in [-0.05, 0) is 39.7 Å². The van der Waals surface area contributed by atoms with E-state index in [0.29, 0.717) is 27.4 Å². The number of aromatic nitrogens is 1. The molecule has 0 saturated carbocycles. The Balaban J connectivity index is 2.19. The number of benzene rings is 1. The zero-order valence-corrected chi connectivity index (χ0v) is 13.6. The number of pyridine rings is 1. The minimum atomic E-state index is -0.174. The van der Waals surface area contributed by atoms with Crippen LogP contribution in [0.3, 0.4) is 0 Å². The first kappa shape index (κ1) is 15.8. The average molecular weight is 370 g/mol. The lowest BCUT2D eigenvalue weighted by Gasteiger charge is -2.19. The van der Waals surface area contributed by atoms with E-state index < -0.39 is 0 Å². The number of hydrogen-bond acceptors (Lipinski definition) is 4. The van der Waals surface area contributed by atoms with Gasteiger partial charge in [-0.15, -0.1) is 0 Å². The van der Waals surface area contributed by atoms with Gasteiger partial charge >= 0.3 is 0 Å². The van der Waals surface area contributed by atoms with Crippen molar-refractivity contribution in [3.63, 3.8) is 0 Å². The van der Waals surface area contributed by atoms with Crippen LogP contribution in [0.1, 0.15) is 15.9 Å². The molecular weight excluding hydrogens is 356 g/mol. The molecule has 0 fully saturated rings. The Bertz CT molecular complexity index is 648. The highest BCUT2D eigenvalue weighted by Gasteiger charge is 2.17. The molecule has 0 saturated heterocycles. The van der Waals surface area contributed by atoms with Gasteiger partial charge in [-0.25, -0.2) is 10.8 Å². The molecule has 3 N–H and O–H groups in total. The van der Waals surface area contributed by atoms with Crippen LogP contribution in [0.2, 0.25) is 5.02 Å². The van der Waals surface area contributed by atoms with E-state index in [9.17, 15) is 4.79 Å². The van der Waals surface area contributed by atoms with Gasteiger partial charge in [-0.1, -0.05) is 23.7 Å². The van der Waals surface area contributed by atoms with Gasteiger partial charge in [0.1, 0.15) is 0 Å². The van der Waals surface area contributed by atoms with Crippen LogP contribution in [0.25, 0.3) is 0 Å². The number of anilines is 1. The lowest BCUT2D eigenvalue weighted by Crippen LogP contribution is -2.28. The Morgan fingerprint density at radius 2 is 2.10 bits per heavy atom. The number of nitrogens with two attached hydrogens (primary N) is 1. The minimum Gasteiger partial charge on any atom is -0.337 e. The summed E-state index contributed by atoms with van der Waals surface area (Å²) < 4.78 is 0.713. The van der Waals surface area contributed by atoms with Crippen molar-refractivity contribution in [1.29, 1.82) is 0 Å². The predicted molar refractivity (Wildman–Crippen MR) is 87.0 cm³/mol. The summed E-state index contributed by atoms with van der Waals surface area (Å²) in [5.74, 6) is 5.56. The van der Waals surface area contributed by atoms with Gasteiger partial charge in [-0.3, -0.25) is 4.79 Å². The summed E-state index contributed by atoms with van der Waals surface area (Å²) in [7, 11) is 1.72. The maximum absolute atomic E-state index is 12.5. The molecule has 0 atom stereocenters. The molecule has 110 valence electrons. The van der Waals surface area contributed by atoms with Crippen LogP contribution in [-0.4, -0.2) is 22.8 Å². The van der Waals surface area contributed by atoms with Crippen LogP contribution in [0, 0.1) is 0 Å². The second-order valence-electron chi connectivity index (χ2n) is 4.48. The van der Waals surface area contributed by atoms with Crippen molar-refractivity contribution in [2.24, 2.45) is 5.84 Å². The van der Waals surface area contributed by atoms with Crippen molar-refractivity contribution in [3.05, 3.63) is 57.2 Å². The van der Waals surface area contributed by atoms with Crippen molar-refractivity contribution in [1.82, 2.24) is 9.88 Å². The van der Waals surface area contributed by atoms with Crippen LogP contribution < -0.4 is 11.3 Å². The van der Waals surface area contributed by atoms with E-state index in [4.69, 9.17) is 17.4 Å². The lowest BCUT2D eigenvalue weighted by atomic mass is 10.2. The van der Waals surface area contributed by atoms with Crippen LogP contribution in [0.5, 0.6) is 0 Å². The van der Waals surface area contributed by atoms with Crippen molar-refractivity contribution in [3.8, 4) is 0 Å². The largest absolute Gasteiger partial charge is 0.337 e. The monoisotopic (exact) mass is 368 g/mol. The Hall–Kier alpha value is -1.63. The van der Waals surface area contributed by atoms with Gasteiger partial charge in [0.15, 0.2) is 5.82 Å². The molecule has 0 radical (unpaired) electrons. The van der Waals surface area contributed by atoms with E-state index in [-0.39, 0.29) is 5.91 Å². The number of carbonyl (C=O) groups is 1. The SMILES string of the molecule is CN(Cc1ccc(Cl)cc1)C(=O)c1cc(Br)cnc1NN. The standard InChI is InChI=1S/C14H14BrClN4O/c1-20(8-9-2-4-11(16)5-3-9)14(21)12-6-10(15)7-18-13(12)19-17/h2-7H,8,17H2,1H3,(H,18,19). The minimum absolute atomic E-state index is 0.174. The molecule has 0 bridgehead atoms. The lowest BCUT2D eigenvalue weighted by molar-refractivity contribution is 0.0785. The molecule has 1 amide bonds. The van der Waals surface area contributed by atoms with Gasteiger partial charge < -0.3 is 10.3 Å². The summed E-state index contributed by atoms with van der Waals surface area (Å²) in [6.07, 6.45) is 1.57. The van der Waals surface area contributed by atoms with Crippen LogP contribution in [0.15, 0.2) is 41.0 Å². The van der Waals surface area contributed by atoms with Crippen molar-refractivity contribution < 1.29 is 4.79 Å². The number of halogens is 2. The first-order valence-corrected chi connectivity index (χ1v) is 7.30. The molecule has 21 heavy (non-hydrogen) atoms.